The zero-order chi connectivity index (χ0) is 38.9. The van der Waals surface area contributed by atoms with Crippen molar-refractivity contribution < 1.29 is 31.5 Å². The fourth-order valence-electron chi connectivity index (χ4n) is 7.16. The molecule has 0 saturated heterocycles. The van der Waals surface area contributed by atoms with Crippen LogP contribution < -0.4 is 10.6 Å². The molecule has 2 aliphatic carbocycles. The van der Waals surface area contributed by atoms with Gasteiger partial charge in [0.05, 0.1) is 33.9 Å². The van der Waals surface area contributed by atoms with Gasteiger partial charge in [0.2, 0.25) is 0 Å². The van der Waals surface area contributed by atoms with Crippen molar-refractivity contribution in [1.29, 1.82) is 0 Å². The van der Waals surface area contributed by atoms with Gasteiger partial charge in [-0.2, -0.15) is 0 Å². The number of halogens is 5. The summed E-state index contributed by atoms with van der Waals surface area (Å²) < 4.78 is 66.1. The van der Waals surface area contributed by atoms with Gasteiger partial charge >= 0.3 is 0 Å². The van der Waals surface area contributed by atoms with E-state index in [1.165, 1.54) is 36.7 Å². The number of ketones is 2. The molecule has 0 radical (unpaired) electrons. The molecule has 0 unspecified atom stereocenters. The highest BCUT2D eigenvalue weighted by molar-refractivity contribution is 6.08. The van der Waals surface area contributed by atoms with Crippen molar-refractivity contribution in [3.05, 3.63) is 131 Å². The summed E-state index contributed by atoms with van der Waals surface area (Å²) in [7, 11) is 0. The summed E-state index contributed by atoms with van der Waals surface area (Å²) in [6.45, 7) is 4.02. The fraction of sp³-hybridized carbons (Fsp3) is 0.238. The van der Waals surface area contributed by atoms with Gasteiger partial charge in [-0.25, -0.2) is 22.0 Å². The van der Waals surface area contributed by atoms with Crippen LogP contribution in [-0.2, 0) is 12.8 Å². The molecule has 4 heterocycles. The van der Waals surface area contributed by atoms with Gasteiger partial charge in [-0.15, -0.1) is 0 Å². The number of pyridine rings is 2. The second kappa shape index (κ2) is 15.3. The Labute approximate surface area is 313 Å². The first-order valence-corrected chi connectivity index (χ1v) is 17.8. The number of fused-ring (bicyclic) bond motifs is 2. The molecule has 2 aliphatic rings. The van der Waals surface area contributed by atoms with E-state index in [4.69, 9.17) is 0 Å². The Balaban J connectivity index is 0.000000170. The minimum Gasteiger partial charge on any atom is -0.356 e. The molecule has 8 rings (SSSR count). The number of nitrogens with one attached hydrogen (secondary N) is 4. The van der Waals surface area contributed by atoms with E-state index in [2.05, 4.69) is 30.6 Å². The lowest BCUT2D eigenvalue weighted by Gasteiger charge is -2.28. The number of hydrogen-bond donors (Lipinski definition) is 4. The molecule has 282 valence electrons. The van der Waals surface area contributed by atoms with Gasteiger partial charge in [-0.05, 0) is 79.3 Å². The summed E-state index contributed by atoms with van der Waals surface area (Å²) in [6, 6.07) is 21.3. The van der Waals surface area contributed by atoms with Gasteiger partial charge in [0.1, 0.15) is 17.2 Å². The van der Waals surface area contributed by atoms with E-state index < -0.39 is 18.7 Å². The third-order valence-corrected chi connectivity index (χ3v) is 9.56. The Bertz CT molecular complexity index is 2370. The number of para-hydroxylation sites is 1. The average molecular weight is 753 g/mol. The van der Waals surface area contributed by atoms with Crippen molar-refractivity contribution in [2.24, 2.45) is 5.41 Å². The fourth-order valence-corrected chi connectivity index (χ4v) is 7.16. The van der Waals surface area contributed by atoms with E-state index in [9.17, 15) is 31.5 Å². The number of carbonyl (C=O) groups is 2. The van der Waals surface area contributed by atoms with Gasteiger partial charge in [-0.3, -0.25) is 19.6 Å². The van der Waals surface area contributed by atoms with Crippen molar-refractivity contribution in [3.63, 3.8) is 0 Å². The molecule has 4 N–H and O–H groups in total. The molecule has 0 atom stereocenters. The topological polar surface area (TPSA) is 116 Å². The maximum Gasteiger partial charge on any atom is 0.280 e. The molecule has 8 nitrogen and oxygen atoms in total. The molecule has 0 spiro atoms. The van der Waals surface area contributed by atoms with Crippen molar-refractivity contribution in [1.82, 2.24) is 19.9 Å². The number of aryl methyl sites for hydroxylation is 1. The van der Waals surface area contributed by atoms with Crippen LogP contribution >= 0.6 is 0 Å². The summed E-state index contributed by atoms with van der Waals surface area (Å²) in [5.41, 5.74) is 6.49. The summed E-state index contributed by atoms with van der Waals surface area (Å²) in [4.78, 5) is 39.4. The zero-order valence-corrected chi connectivity index (χ0v) is 30.0. The largest absolute Gasteiger partial charge is 0.356 e. The van der Waals surface area contributed by atoms with E-state index in [1.54, 1.807) is 24.3 Å². The molecule has 6 aromatic rings. The number of alkyl halides is 4. The molecule has 13 heteroatoms. The molecule has 0 amide bonds. The number of rotatable bonds is 8. The van der Waals surface area contributed by atoms with Gasteiger partial charge < -0.3 is 20.6 Å². The highest BCUT2D eigenvalue weighted by atomic mass is 19.3. The number of Topliss-reactive ketones (excluding diaryl/α,β-unsaturated/α-hetero) is 2. The first kappa shape index (κ1) is 37.2. The first-order valence-electron chi connectivity index (χ1n) is 17.8. The Morgan fingerprint density at radius 3 is 1.82 bits per heavy atom. The van der Waals surface area contributed by atoms with E-state index in [1.807, 2.05) is 44.2 Å². The summed E-state index contributed by atoms with van der Waals surface area (Å²) in [6.07, 6.45) is 0.372. The number of hydrogen-bond acceptors (Lipinski definition) is 6. The minimum absolute atomic E-state index is 0.0409. The smallest absolute Gasteiger partial charge is 0.280 e. The maximum absolute atomic E-state index is 13.7. The average Bonchev–Trinajstić information content (AvgIpc) is 3.70. The van der Waals surface area contributed by atoms with Crippen LogP contribution in [0.4, 0.5) is 44.7 Å². The lowest BCUT2D eigenvalue weighted by molar-refractivity contribution is 0.0911. The standard InChI is InChI=1S/C22H20F3N3O.C20H17F2N3O/c1-22(2)10-16-18(17(29)11-22)20(27-14-5-3-4-13(23)9-14)19(28-16)12-6-7-26-15(8-12)21(24)25;21-20(22)15-11-12(9-10-23-15)18-19(24-13-5-2-1-3-6-13)17-14(25-18)7-4-8-16(17)26/h3-9,21,27-28H,10-11H2,1-2H3;1-3,5-6,9-11,20,24-25H,4,7-8H2. The van der Waals surface area contributed by atoms with Gasteiger partial charge in [0.15, 0.2) is 11.6 Å². The maximum atomic E-state index is 13.7. The van der Waals surface area contributed by atoms with Gasteiger partial charge in [-0.1, -0.05) is 38.1 Å². The third-order valence-electron chi connectivity index (χ3n) is 9.56. The van der Waals surface area contributed by atoms with Crippen LogP contribution in [0.5, 0.6) is 0 Å². The predicted octanol–water partition coefficient (Wildman–Crippen LogP) is 11.3. The zero-order valence-electron chi connectivity index (χ0n) is 30.0. The van der Waals surface area contributed by atoms with E-state index in [0.29, 0.717) is 70.0 Å². The number of aromatic nitrogens is 4. The van der Waals surface area contributed by atoms with Crippen LogP contribution in [0.25, 0.3) is 22.5 Å². The number of H-pyrrole nitrogens is 2. The van der Waals surface area contributed by atoms with Crippen molar-refractivity contribution in [3.8, 4) is 22.5 Å². The minimum atomic E-state index is -2.71. The number of nitrogens with zero attached hydrogens (tertiary/aromatic N) is 2. The number of anilines is 4. The quantitative estimate of drug-likeness (QED) is 0.115. The normalized spacial score (nSPS) is 14.6. The van der Waals surface area contributed by atoms with Crippen LogP contribution in [-0.4, -0.2) is 31.5 Å². The van der Waals surface area contributed by atoms with Crippen LogP contribution in [0.1, 0.15) is 89.5 Å². The summed E-state index contributed by atoms with van der Waals surface area (Å²) >= 11 is 0. The lowest BCUT2D eigenvalue weighted by atomic mass is 9.76. The van der Waals surface area contributed by atoms with Crippen molar-refractivity contribution >= 4 is 34.3 Å². The summed E-state index contributed by atoms with van der Waals surface area (Å²) in [5.74, 6) is -0.395. The van der Waals surface area contributed by atoms with Crippen molar-refractivity contribution in [2.45, 2.75) is 58.8 Å². The highest BCUT2D eigenvalue weighted by Gasteiger charge is 2.36. The predicted molar refractivity (Wildman–Crippen MR) is 201 cm³/mol. The Morgan fingerprint density at radius 2 is 1.22 bits per heavy atom. The molecule has 4 aromatic heterocycles. The third kappa shape index (κ3) is 8.06. The number of benzene rings is 2. The first-order chi connectivity index (χ1) is 26.4. The Hall–Kier alpha value is -6.11. The molecule has 0 fully saturated rings. The van der Waals surface area contributed by atoms with E-state index in [0.717, 1.165) is 29.9 Å². The lowest BCUT2D eigenvalue weighted by Crippen LogP contribution is -2.26. The van der Waals surface area contributed by atoms with Crippen LogP contribution in [0.2, 0.25) is 0 Å². The Morgan fingerprint density at radius 1 is 0.655 bits per heavy atom. The molecule has 55 heavy (non-hydrogen) atoms. The number of aromatic amines is 2. The Kier molecular flexibility index (Phi) is 10.4. The van der Waals surface area contributed by atoms with Crippen LogP contribution in [0.15, 0.2) is 91.3 Å². The van der Waals surface area contributed by atoms with E-state index in [-0.39, 0.29) is 28.4 Å². The molecular formula is C42H37F5N6O2. The summed E-state index contributed by atoms with van der Waals surface area (Å²) in [5, 5.41) is 6.42. The van der Waals surface area contributed by atoms with E-state index >= 15 is 0 Å². The molecule has 0 bridgehead atoms. The highest BCUT2D eigenvalue weighted by Crippen LogP contribution is 2.44. The second-order valence-corrected chi connectivity index (χ2v) is 14.3. The SMILES string of the molecule is CC1(C)CC(=O)c2c([nH]c(-c3ccnc(C(F)F)c3)c2Nc2cccc(F)c2)C1.O=C1CCCc2[nH]c(-c3ccnc(C(F)F)c3)c(Nc3ccccc3)c21. The monoisotopic (exact) mass is 752 g/mol. The molecule has 2 aromatic carbocycles. The van der Waals surface area contributed by atoms with Gasteiger partial charge in [0, 0.05) is 59.1 Å². The molecule has 0 aliphatic heterocycles. The van der Waals surface area contributed by atoms with Crippen LogP contribution in [0, 0.1) is 11.2 Å². The molecule has 0 saturated carbocycles. The second-order valence-electron chi connectivity index (χ2n) is 14.3. The van der Waals surface area contributed by atoms with Gasteiger partial charge in [0.25, 0.3) is 12.9 Å². The molecular weight excluding hydrogens is 715 g/mol. The van der Waals surface area contributed by atoms with Crippen LogP contribution in [0.3, 0.4) is 0 Å². The van der Waals surface area contributed by atoms with Crippen molar-refractivity contribution in [2.75, 3.05) is 10.6 Å². The number of carbonyl (C=O) groups excluding carboxylic acids is 2.